The van der Waals surface area contributed by atoms with E-state index in [-0.39, 0.29) is 18.2 Å². The van der Waals surface area contributed by atoms with Gasteiger partial charge in [-0.05, 0) is 38.1 Å². The standard InChI is InChI=1S/C10H12N2O.ClH/c1-7(13)9-3-5-10(6-4-9)12-8(2)11;/h3-6H,1-2H3,(H2,11,12);1H. The van der Waals surface area contributed by atoms with Crippen LogP contribution in [-0.2, 0) is 0 Å². The topological polar surface area (TPSA) is 55.5 Å². The van der Waals surface area contributed by atoms with E-state index in [0.717, 1.165) is 5.69 Å². The van der Waals surface area contributed by atoms with Gasteiger partial charge >= 0.3 is 0 Å². The monoisotopic (exact) mass is 212 g/mol. The Morgan fingerprint density at radius 1 is 1.21 bits per heavy atom. The van der Waals surface area contributed by atoms with E-state index < -0.39 is 0 Å². The van der Waals surface area contributed by atoms with Gasteiger partial charge in [-0.3, -0.25) is 4.79 Å². The highest BCUT2D eigenvalue weighted by atomic mass is 35.5. The van der Waals surface area contributed by atoms with E-state index in [0.29, 0.717) is 11.4 Å². The molecule has 0 unspecified atom stereocenters. The van der Waals surface area contributed by atoms with Crippen LogP contribution in [0.4, 0.5) is 5.69 Å². The van der Waals surface area contributed by atoms with E-state index in [1.54, 1.807) is 31.2 Å². The van der Waals surface area contributed by atoms with Crippen molar-refractivity contribution in [3.8, 4) is 0 Å². The van der Waals surface area contributed by atoms with Gasteiger partial charge in [-0.15, -0.1) is 12.4 Å². The molecule has 0 saturated heterocycles. The SMILES string of the molecule is CC(=O)c1ccc(N=C(C)N)cc1.Cl. The van der Waals surface area contributed by atoms with Gasteiger partial charge in [-0.2, -0.15) is 0 Å². The van der Waals surface area contributed by atoms with Gasteiger partial charge in [0.2, 0.25) is 0 Å². The second-order valence-electron chi connectivity index (χ2n) is 2.86. The molecule has 0 radical (unpaired) electrons. The summed E-state index contributed by atoms with van der Waals surface area (Å²) in [4.78, 5) is 15.0. The van der Waals surface area contributed by atoms with Gasteiger partial charge in [-0.25, -0.2) is 4.99 Å². The van der Waals surface area contributed by atoms with Crippen molar-refractivity contribution < 1.29 is 4.79 Å². The maximum absolute atomic E-state index is 10.9. The fourth-order valence-electron chi connectivity index (χ4n) is 0.974. The van der Waals surface area contributed by atoms with Crippen molar-refractivity contribution in [2.75, 3.05) is 0 Å². The highest BCUT2D eigenvalue weighted by molar-refractivity contribution is 5.94. The van der Waals surface area contributed by atoms with Crippen molar-refractivity contribution in [1.82, 2.24) is 0 Å². The molecule has 0 bridgehead atoms. The average molecular weight is 213 g/mol. The molecule has 76 valence electrons. The average Bonchev–Trinajstić information content (AvgIpc) is 2.04. The predicted octanol–water partition coefficient (Wildman–Crippen LogP) is 2.32. The molecule has 0 aliphatic rings. The molecular formula is C10H13ClN2O. The molecule has 0 aliphatic carbocycles. The fourth-order valence-corrected chi connectivity index (χ4v) is 0.974. The molecule has 0 aliphatic heterocycles. The smallest absolute Gasteiger partial charge is 0.159 e. The van der Waals surface area contributed by atoms with Crippen molar-refractivity contribution in [2.45, 2.75) is 13.8 Å². The van der Waals surface area contributed by atoms with E-state index in [9.17, 15) is 4.79 Å². The number of amidine groups is 1. The molecule has 1 aromatic rings. The number of benzene rings is 1. The van der Waals surface area contributed by atoms with Crippen LogP contribution in [0.5, 0.6) is 0 Å². The minimum atomic E-state index is 0. The van der Waals surface area contributed by atoms with E-state index >= 15 is 0 Å². The zero-order chi connectivity index (χ0) is 9.84. The number of hydrogen-bond donors (Lipinski definition) is 1. The van der Waals surface area contributed by atoms with Crippen molar-refractivity contribution in [3.05, 3.63) is 29.8 Å². The Morgan fingerprint density at radius 2 is 1.71 bits per heavy atom. The summed E-state index contributed by atoms with van der Waals surface area (Å²) in [5.74, 6) is 0.565. The minimum Gasteiger partial charge on any atom is -0.387 e. The van der Waals surface area contributed by atoms with Crippen molar-refractivity contribution in [1.29, 1.82) is 0 Å². The lowest BCUT2D eigenvalue weighted by atomic mass is 10.1. The van der Waals surface area contributed by atoms with E-state index in [2.05, 4.69) is 4.99 Å². The quantitative estimate of drug-likeness (QED) is 0.465. The molecule has 0 atom stereocenters. The lowest BCUT2D eigenvalue weighted by Crippen LogP contribution is -2.03. The summed E-state index contributed by atoms with van der Waals surface area (Å²) in [6, 6.07) is 7.02. The summed E-state index contributed by atoms with van der Waals surface area (Å²) in [5.41, 5.74) is 6.86. The van der Waals surface area contributed by atoms with Gasteiger partial charge in [-0.1, -0.05) is 0 Å². The van der Waals surface area contributed by atoms with Crippen LogP contribution in [0.2, 0.25) is 0 Å². The molecule has 14 heavy (non-hydrogen) atoms. The number of nitrogens with two attached hydrogens (primary N) is 1. The molecule has 0 fully saturated rings. The molecule has 3 nitrogen and oxygen atoms in total. The van der Waals surface area contributed by atoms with Gasteiger partial charge in [0.05, 0.1) is 11.5 Å². The van der Waals surface area contributed by atoms with Gasteiger partial charge in [0.15, 0.2) is 5.78 Å². The first-order valence-corrected chi connectivity index (χ1v) is 4.01. The Labute approximate surface area is 89.4 Å². The van der Waals surface area contributed by atoms with Crippen LogP contribution in [0.1, 0.15) is 24.2 Å². The molecule has 2 N–H and O–H groups in total. The first-order valence-electron chi connectivity index (χ1n) is 4.01. The molecule has 0 aromatic heterocycles. The largest absolute Gasteiger partial charge is 0.387 e. The Bertz CT molecular complexity index is 340. The molecule has 0 spiro atoms. The molecule has 1 aromatic carbocycles. The van der Waals surface area contributed by atoms with Gasteiger partial charge in [0.1, 0.15) is 0 Å². The van der Waals surface area contributed by atoms with Crippen LogP contribution in [0.15, 0.2) is 29.3 Å². The van der Waals surface area contributed by atoms with Crippen LogP contribution < -0.4 is 5.73 Å². The molecule has 4 heteroatoms. The first-order chi connectivity index (χ1) is 6.09. The minimum absolute atomic E-state index is 0. The summed E-state index contributed by atoms with van der Waals surface area (Å²) in [7, 11) is 0. The normalized spacial score (nSPS) is 10.6. The van der Waals surface area contributed by atoms with Crippen molar-refractivity contribution >= 4 is 29.7 Å². The third-order valence-corrected chi connectivity index (χ3v) is 1.58. The second kappa shape index (κ2) is 5.40. The Kier molecular flexibility index (Phi) is 4.87. The Morgan fingerprint density at radius 3 is 2.07 bits per heavy atom. The van der Waals surface area contributed by atoms with Gasteiger partial charge in [0.25, 0.3) is 0 Å². The predicted molar refractivity (Wildman–Crippen MR) is 60.7 cm³/mol. The number of aliphatic imine (C=N–C) groups is 1. The summed E-state index contributed by atoms with van der Waals surface area (Å²) in [6.45, 7) is 3.26. The Balaban J connectivity index is 0.00000169. The molecule has 0 amide bonds. The van der Waals surface area contributed by atoms with Gasteiger partial charge < -0.3 is 5.73 Å². The number of carbonyl (C=O) groups is 1. The number of ketones is 1. The van der Waals surface area contributed by atoms with Crippen LogP contribution in [0.3, 0.4) is 0 Å². The third kappa shape index (κ3) is 3.58. The molecule has 0 saturated carbocycles. The molecule has 0 heterocycles. The number of Topliss-reactive ketones (excluding diaryl/α,β-unsaturated/α-hetero) is 1. The summed E-state index contributed by atoms with van der Waals surface area (Å²) in [6.07, 6.45) is 0. The van der Waals surface area contributed by atoms with Crippen molar-refractivity contribution in [2.24, 2.45) is 10.7 Å². The highest BCUT2D eigenvalue weighted by Crippen LogP contribution is 2.12. The highest BCUT2D eigenvalue weighted by Gasteiger charge is 1.97. The summed E-state index contributed by atoms with van der Waals surface area (Å²) >= 11 is 0. The summed E-state index contributed by atoms with van der Waals surface area (Å²) in [5, 5.41) is 0. The maximum Gasteiger partial charge on any atom is 0.159 e. The lowest BCUT2D eigenvalue weighted by molar-refractivity contribution is 0.101. The first kappa shape index (κ1) is 12.7. The van der Waals surface area contributed by atoms with E-state index in [1.165, 1.54) is 6.92 Å². The Hall–Kier alpha value is -1.35. The van der Waals surface area contributed by atoms with Crippen LogP contribution in [0.25, 0.3) is 0 Å². The van der Waals surface area contributed by atoms with Crippen LogP contribution >= 0.6 is 12.4 Å². The maximum atomic E-state index is 10.9. The zero-order valence-electron chi connectivity index (χ0n) is 8.15. The third-order valence-electron chi connectivity index (χ3n) is 1.58. The zero-order valence-corrected chi connectivity index (χ0v) is 8.97. The number of carbonyl (C=O) groups excluding carboxylic acids is 1. The van der Waals surface area contributed by atoms with Crippen molar-refractivity contribution in [3.63, 3.8) is 0 Å². The fraction of sp³-hybridized carbons (Fsp3) is 0.200. The van der Waals surface area contributed by atoms with Gasteiger partial charge in [0, 0.05) is 5.56 Å². The number of halogens is 1. The number of nitrogens with zero attached hydrogens (tertiary/aromatic N) is 1. The molecular weight excluding hydrogens is 200 g/mol. The summed E-state index contributed by atoms with van der Waals surface area (Å²) < 4.78 is 0. The van der Waals surface area contributed by atoms with E-state index in [4.69, 9.17) is 5.73 Å². The van der Waals surface area contributed by atoms with Crippen LogP contribution in [0, 0.1) is 0 Å². The molecule has 1 rings (SSSR count). The second-order valence-corrected chi connectivity index (χ2v) is 2.86. The number of rotatable bonds is 2. The van der Waals surface area contributed by atoms with Crippen LogP contribution in [-0.4, -0.2) is 11.6 Å². The number of hydrogen-bond acceptors (Lipinski definition) is 2. The lowest BCUT2D eigenvalue weighted by Gasteiger charge is -1.96. The van der Waals surface area contributed by atoms with E-state index in [1.807, 2.05) is 0 Å².